The van der Waals surface area contributed by atoms with Crippen LogP contribution >= 0.6 is 0 Å². The summed E-state index contributed by atoms with van der Waals surface area (Å²) in [7, 11) is 0. The second-order valence-corrected chi connectivity index (χ2v) is 9.48. The molecule has 0 aliphatic heterocycles. The summed E-state index contributed by atoms with van der Waals surface area (Å²) in [5.41, 5.74) is 2.57. The minimum atomic E-state index is -0.872. The Hall–Kier alpha value is -3.35. The van der Waals surface area contributed by atoms with Crippen LogP contribution in [0.3, 0.4) is 0 Å². The number of nitrogens with one attached hydrogen (secondary N) is 2. The van der Waals surface area contributed by atoms with E-state index in [1.807, 2.05) is 76.2 Å². The van der Waals surface area contributed by atoms with E-state index in [-0.39, 0.29) is 24.4 Å². The van der Waals surface area contributed by atoms with Crippen LogP contribution < -0.4 is 10.6 Å². The second-order valence-electron chi connectivity index (χ2n) is 9.48. The first-order chi connectivity index (χ1) is 15.9. The Balaban J connectivity index is 2.41. The normalized spacial score (nSPS) is 12.9. The zero-order valence-electron chi connectivity index (χ0n) is 21.3. The summed E-state index contributed by atoms with van der Waals surface area (Å²) < 4.78 is 5.26. The minimum Gasteiger partial charge on any atom is -0.444 e. The summed E-state index contributed by atoms with van der Waals surface area (Å²) in [5.74, 6) is -0.678. The third-order valence-electron chi connectivity index (χ3n) is 5.55. The molecule has 0 saturated carbocycles. The zero-order chi connectivity index (χ0) is 25.5. The number of hydrogen-bond donors (Lipinski definition) is 2. The maximum absolute atomic E-state index is 13.7. The van der Waals surface area contributed by atoms with Crippen molar-refractivity contribution in [2.24, 2.45) is 0 Å². The lowest BCUT2D eigenvalue weighted by atomic mass is 9.96. The van der Waals surface area contributed by atoms with Crippen LogP contribution in [0, 0.1) is 13.8 Å². The Morgan fingerprint density at radius 2 is 1.56 bits per heavy atom. The monoisotopic (exact) mass is 467 g/mol. The maximum atomic E-state index is 13.7. The standard InChI is InChI=1S/C27H37N3O4/c1-8-20(4)30(23(31)17-28-26(33)34-27(5,6)7)24(21-15-11-9-13-18(21)2)25(32)29-22-16-12-10-14-19(22)3/h9-16,20,24H,8,17H2,1-7H3,(H,28,33)(H,29,32). The highest BCUT2D eigenvalue weighted by Crippen LogP contribution is 2.29. The van der Waals surface area contributed by atoms with Crippen LogP contribution in [0.1, 0.15) is 63.8 Å². The van der Waals surface area contributed by atoms with Gasteiger partial charge in [-0.05, 0) is 70.7 Å². The smallest absolute Gasteiger partial charge is 0.408 e. The zero-order valence-corrected chi connectivity index (χ0v) is 21.3. The predicted octanol–water partition coefficient (Wildman–Crippen LogP) is 5.14. The fourth-order valence-electron chi connectivity index (χ4n) is 3.62. The van der Waals surface area contributed by atoms with Crippen LogP contribution in [-0.2, 0) is 14.3 Å². The van der Waals surface area contributed by atoms with E-state index in [4.69, 9.17) is 4.74 Å². The average molecular weight is 468 g/mol. The van der Waals surface area contributed by atoms with Crippen LogP contribution in [-0.4, -0.2) is 41.0 Å². The van der Waals surface area contributed by atoms with E-state index in [0.717, 1.165) is 16.7 Å². The minimum absolute atomic E-state index is 0.250. The molecule has 0 spiro atoms. The first-order valence-corrected chi connectivity index (χ1v) is 11.6. The van der Waals surface area contributed by atoms with Crippen molar-refractivity contribution >= 4 is 23.6 Å². The van der Waals surface area contributed by atoms with Gasteiger partial charge in [0.25, 0.3) is 5.91 Å². The van der Waals surface area contributed by atoms with Crippen molar-refractivity contribution in [3.05, 3.63) is 65.2 Å². The molecule has 2 atom stereocenters. The van der Waals surface area contributed by atoms with Crippen molar-refractivity contribution in [1.29, 1.82) is 0 Å². The number of aryl methyl sites for hydroxylation is 2. The first-order valence-electron chi connectivity index (χ1n) is 11.6. The van der Waals surface area contributed by atoms with E-state index in [1.165, 1.54) is 0 Å². The predicted molar refractivity (Wildman–Crippen MR) is 135 cm³/mol. The largest absolute Gasteiger partial charge is 0.444 e. The molecular formula is C27H37N3O4. The fourth-order valence-corrected chi connectivity index (χ4v) is 3.62. The van der Waals surface area contributed by atoms with Gasteiger partial charge in [0.1, 0.15) is 18.2 Å². The topological polar surface area (TPSA) is 87.7 Å². The van der Waals surface area contributed by atoms with Gasteiger partial charge in [-0.15, -0.1) is 0 Å². The van der Waals surface area contributed by atoms with Gasteiger partial charge in [0.15, 0.2) is 0 Å². The molecule has 2 unspecified atom stereocenters. The molecule has 0 fully saturated rings. The van der Waals surface area contributed by atoms with Crippen molar-refractivity contribution in [1.82, 2.24) is 10.2 Å². The number of nitrogens with zero attached hydrogens (tertiary/aromatic N) is 1. The highest BCUT2D eigenvalue weighted by molar-refractivity contribution is 5.99. The molecule has 0 saturated heterocycles. The lowest BCUT2D eigenvalue weighted by Crippen LogP contribution is -2.50. The Morgan fingerprint density at radius 3 is 2.12 bits per heavy atom. The van der Waals surface area contributed by atoms with Gasteiger partial charge < -0.3 is 20.3 Å². The van der Waals surface area contributed by atoms with Crippen LogP contribution in [0.4, 0.5) is 10.5 Å². The van der Waals surface area contributed by atoms with Crippen molar-refractivity contribution in [3.63, 3.8) is 0 Å². The van der Waals surface area contributed by atoms with Gasteiger partial charge in [0.2, 0.25) is 5.91 Å². The summed E-state index contributed by atoms with van der Waals surface area (Å²) in [6.45, 7) is 12.7. The van der Waals surface area contributed by atoms with Gasteiger partial charge in [-0.25, -0.2) is 4.79 Å². The number of anilines is 1. The number of hydrogen-bond acceptors (Lipinski definition) is 4. The lowest BCUT2D eigenvalue weighted by Gasteiger charge is -2.36. The number of ether oxygens (including phenoxy) is 1. The Kier molecular flexibility index (Phi) is 9.24. The summed E-state index contributed by atoms with van der Waals surface area (Å²) in [4.78, 5) is 40.8. The van der Waals surface area contributed by atoms with E-state index < -0.39 is 17.7 Å². The van der Waals surface area contributed by atoms with Gasteiger partial charge in [0, 0.05) is 11.7 Å². The lowest BCUT2D eigenvalue weighted by molar-refractivity contribution is -0.140. The molecule has 0 aliphatic carbocycles. The van der Waals surface area contributed by atoms with Crippen LogP contribution in [0.15, 0.2) is 48.5 Å². The van der Waals surface area contributed by atoms with Gasteiger partial charge in [-0.3, -0.25) is 9.59 Å². The number of para-hydroxylation sites is 1. The highest BCUT2D eigenvalue weighted by Gasteiger charge is 2.35. The Bertz CT molecular complexity index is 1010. The van der Waals surface area contributed by atoms with E-state index in [2.05, 4.69) is 10.6 Å². The fraction of sp³-hybridized carbons (Fsp3) is 0.444. The molecule has 0 aromatic heterocycles. The second kappa shape index (κ2) is 11.7. The molecule has 2 N–H and O–H groups in total. The van der Waals surface area contributed by atoms with Gasteiger partial charge >= 0.3 is 6.09 Å². The van der Waals surface area contributed by atoms with Crippen molar-refractivity contribution < 1.29 is 19.1 Å². The maximum Gasteiger partial charge on any atom is 0.408 e. The quantitative estimate of drug-likeness (QED) is 0.563. The van der Waals surface area contributed by atoms with Crippen LogP contribution in [0.2, 0.25) is 0 Å². The van der Waals surface area contributed by atoms with Crippen molar-refractivity contribution in [2.75, 3.05) is 11.9 Å². The highest BCUT2D eigenvalue weighted by atomic mass is 16.6. The van der Waals surface area contributed by atoms with E-state index >= 15 is 0 Å². The molecule has 7 heteroatoms. The van der Waals surface area contributed by atoms with Crippen molar-refractivity contribution in [2.45, 2.75) is 72.6 Å². The number of carbonyl (C=O) groups excluding carboxylic acids is 3. The SMILES string of the molecule is CCC(C)N(C(=O)CNC(=O)OC(C)(C)C)C(C(=O)Nc1ccccc1C)c1ccccc1C. The van der Waals surface area contributed by atoms with Gasteiger partial charge in [0.05, 0.1) is 0 Å². The average Bonchev–Trinajstić information content (AvgIpc) is 2.76. The van der Waals surface area contributed by atoms with Crippen LogP contribution in [0.5, 0.6) is 0 Å². The summed E-state index contributed by atoms with van der Waals surface area (Å²) in [5, 5.41) is 5.53. The third kappa shape index (κ3) is 7.33. The van der Waals surface area contributed by atoms with E-state index in [9.17, 15) is 14.4 Å². The molecule has 0 heterocycles. The molecule has 0 bridgehead atoms. The molecule has 3 amide bonds. The molecule has 2 aromatic rings. The Labute approximate surface area is 202 Å². The van der Waals surface area contributed by atoms with E-state index in [1.54, 1.807) is 25.7 Å². The van der Waals surface area contributed by atoms with Crippen LogP contribution in [0.25, 0.3) is 0 Å². The summed E-state index contributed by atoms with van der Waals surface area (Å²) in [6, 6.07) is 13.9. The molecule has 34 heavy (non-hydrogen) atoms. The molecule has 2 rings (SSSR count). The summed E-state index contributed by atoms with van der Waals surface area (Å²) in [6.07, 6.45) is -0.0418. The molecule has 0 radical (unpaired) electrons. The molecular weight excluding hydrogens is 430 g/mol. The number of benzene rings is 2. The first kappa shape index (κ1) is 26.9. The number of alkyl carbamates (subject to hydrolysis) is 1. The van der Waals surface area contributed by atoms with E-state index in [0.29, 0.717) is 12.1 Å². The summed E-state index contributed by atoms with van der Waals surface area (Å²) >= 11 is 0. The third-order valence-corrected chi connectivity index (χ3v) is 5.55. The van der Waals surface area contributed by atoms with Gasteiger partial charge in [-0.1, -0.05) is 49.4 Å². The number of rotatable bonds is 8. The Morgan fingerprint density at radius 1 is 0.971 bits per heavy atom. The molecule has 2 aromatic carbocycles. The molecule has 7 nitrogen and oxygen atoms in total. The number of carbonyl (C=O) groups is 3. The number of amides is 3. The van der Waals surface area contributed by atoms with Crippen molar-refractivity contribution in [3.8, 4) is 0 Å². The van der Waals surface area contributed by atoms with Gasteiger partial charge in [-0.2, -0.15) is 0 Å². The molecule has 0 aliphatic rings. The molecule has 184 valence electrons.